The first-order chi connectivity index (χ1) is 9.74. The summed E-state index contributed by atoms with van der Waals surface area (Å²) < 4.78 is 0. The topological polar surface area (TPSA) is 93.8 Å². The van der Waals surface area contributed by atoms with Gasteiger partial charge in [-0.05, 0) is 11.4 Å². The van der Waals surface area contributed by atoms with Crippen molar-refractivity contribution in [2.75, 3.05) is 11.1 Å². The predicted octanol–water partition coefficient (Wildman–Crippen LogP) is 2.50. The van der Waals surface area contributed by atoms with Gasteiger partial charge in [-0.2, -0.15) is 0 Å². The Morgan fingerprint density at radius 2 is 2.10 bits per heavy atom. The maximum atomic E-state index is 12.0. The number of anilines is 2. The number of nitrogen functional groups attached to an aromatic ring is 1. The molecule has 3 N–H and O–H groups in total. The van der Waals surface area contributed by atoms with E-state index in [9.17, 15) is 4.79 Å². The predicted molar refractivity (Wildman–Crippen MR) is 79.8 cm³/mol. The molecular formula is C12H9N5OS2. The highest BCUT2D eigenvalue weighted by Gasteiger charge is 2.14. The van der Waals surface area contributed by atoms with Crippen molar-refractivity contribution in [3.63, 3.8) is 0 Å². The van der Waals surface area contributed by atoms with Gasteiger partial charge in [-0.3, -0.25) is 10.1 Å². The number of aromatic nitrogens is 3. The molecule has 0 unspecified atom stereocenters. The summed E-state index contributed by atoms with van der Waals surface area (Å²) in [6.45, 7) is 0. The van der Waals surface area contributed by atoms with Crippen LogP contribution in [0.2, 0.25) is 0 Å². The lowest BCUT2D eigenvalue weighted by Crippen LogP contribution is -2.16. The van der Waals surface area contributed by atoms with E-state index >= 15 is 0 Å². The molecule has 0 spiro atoms. The van der Waals surface area contributed by atoms with Crippen molar-refractivity contribution in [2.24, 2.45) is 0 Å². The molecule has 0 fully saturated rings. The minimum absolute atomic E-state index is 0.0973. The average Bonchev–Trinajstić information content (AvgIpc) is 3.09. The summed E-state index contributed by atoms with van der Waals surface area (Å²) in [5.74, 6) is -0.317. The lowest BCUT2D eigenvalue weighted by Gasteiger charge is -2.02. The summed E-state index contributed by atoms with van der Waals surface area (Å²) in [4.78, 5) is 25.2. The van der Waals surface area contributed by atoms with E-state index in [0.717, 1.165) is 10.6 Å². The average molecular weight is 303 g/mol. The Bertz CT molecular complexity index is 738. The summed E-state index contributed by atoms with van der Waals surface area (Å²) in [5, 5.41) is 7.04. The Kier molecular flexibility index (Phi) is 3.40. The third-order valence-corrected chi connectivity index (χ3v) is 4.09. The largest absolute Gasteiger partial charge is 0.382 e. The van der Waals surface area contributed by atoms with Crippen molar-refractivity contribution in [3.05, 3.63) is 41.0 Å². The van der Waals surface area contributed by atoms with Crippen molar-refractivity contribution in [2.45, 2.75) is 0 Å². The number of carbonyl (C=O) groups excluding carboxylic acids is 1. The van der Waals surface area contributed by atoms with Gasteiger partial charge < -0.3 is 5.73 Å². The molecule has 0 aromatic carbocycles. The van der Waals surface area contributed by atoms with Gasteiger partial charge >= 0.3 is 0 Å². The zero-order valence-electron chi connectivity index (χ0n) is 10.1. The number of thiazole rings is 1. The quantitative estimate of drug-likeness (QED) is 0.775. The van der Waals surface area contributed by atoms with Crippen LogP contribution in [0.15, 0.2) is 35.3 Å². The molecular weight excluding hydrogens is 294 g/mol. The second kappa shape index (κ2) is 5.35. The van der Waals surface area contributed by atoms with Crippen LogP contribution in [0, 0.1) is 0 Å². The highest BCUT2D eigenvalue weighted by Crippen LogP contribution is 2.28. The van der Waals surface area contributed by atoms with Gasteiger partial charge in [0.1, 0.15) is 0 Å². The molecule has 3 aromatic rings. The second-order valence-electron chi connectivity index (χ2n) is 3.76. The Labute approximate surface area is 122 Å². The fraction of sp³-hybridized carbons (Fsp3) is 0. The fourth-order valence-electron chi connectivity index (χ4n) is 1.55. The van der Waals surface area contributed by atoms with Gasteiger partial charge in [0.2, 0.25) is 0 Å². The number of thiophene rings is 1. The van der Waals surface area contributed by atoms with Gasteiger partial charge in [-0.1, -0.05) is 6.07 Å². The maximum absolute atomic E-state index is 12.0. The highest BCUT2D eigenvalue weighted by molar-refractivity contribution is 7.16. The fourth-order valence-corrected chi connectivity index (χ4v) is 3.02. The van der Waals surface area contributed by atoms with Crippen molar-refractivity contribution in [1.29, 1.82) is 0 Å². The van der Waals surface area contributed by atoms with E-state index in [-0.39, 0.29) is 11.5 Å². The number of nitrogens with zero attached hydrogens (tertiary/aromatic N) is 3. The SMILES string of the molecule is Nc1nccnc1C(=O)Nc1nc(-c2cccs2)cs1. The number of amides is 1. The molecule has 20 heavy (non-hydrogen) atoms. The van der Waals surface area contributed by atoms with Crippen molar-refractivity contribution < 1.29 is 4.79 Å². The third kappa shape index (κ3) is 2.51. The second-order valence-corrected chi connectivity index (χ2v) is 5.57. The van der Waals surface area contributed by atoms with Crippen LogP contribution in [0.25, 0.3) is 10.6 Å². The molecule has 100 valence electrons. The summed E-state index contributed by atoms with van der Waals surface area (Å²) in [6.07, 6.45) is 2.86. The molecule has 0 saturated carbocycles. The first-order valence-electron chi connectivity index (χ1n) is 5.61. The van der Waals surface area contributed by atoms with E-state index in [1.807, 2.05) is 22.9 Å². The van der Waals surface area contributed by atoms with Gasteiger partial charge in [-0.15, -0.1) is 22.7 Å². The Balaban J connectivity index is 1.79. The number of carbonyl (C=O) groups is 1. The smallest absolute Gasteiger partial charge is 0.279 e. The van der Waals surface area contributed by atoms with Gasteiger partial charge in [-0.25, -0.2) is 15.0 Å². The van der Waals surface area contributed by atoms with E-state index < -0.39 is 5.91 Å². The Hall–Kier alpha value is -2.32. The number of rotatable bonds is 3. The molecule has 8 heteroatoms. The van der Waals surface area contributed by atoms with Crippen LogP contribution in [0.4, 0.5) is 10.9 Å². The van der Waals surface area contributed by atoms with E-state index in [4.69, 9.17) is 5.73 Å². The summed E-state index contributed by atoms with van der Waals surface area (Å²) in [6, 6.07) is 3.93. The molecule has 0 aliphatic rings. The van der Waals surface area contributed by atoms with Crippen molar-refractivity contribution in [1.82, 2.24) is 15.0 Å². The molecule has 0 atom stereocenters. The molecule has 0 saturated heterocycles. The van der Waals surface area contributed by atoms with E-state index in [1.165, 1.54) is 23.7 Å². The van der Waals surface area contributed by atoms with Gasteiger partial charge in [0, 0.05) is 17.8 Å². The lowest BCUT2D eigenvalue weighted by atomic mass is 10.4. The van der Waals surface area contributed by atoms with E-state index in [1.54, 1.807) is 11.3 Å². The molecule has 3 heterocycles. The first-order valence-corrected chi connectivity index (χ1v) is 7.37. The standard InChI is InChI=1S/C12H9N5OS2/c13-10-9(14-3-4-15-10)11(18)17-12-16-7(6-20-12)8-2-1-5-19-8/h1-6H,(H2,13,15)(H,16,17,18). The van der Waals surface area contributed by atoms with Crippen molar-refractivity contribution >= 4 is 39.5 Å². The number of nitrogens with one attached hydrogen (secondary N) is 1. The van der Waals surface area contributed by atoms with E-state index in [0.29, 0.717) is 5.13 Å². The molecule has 6 nitrogen and oxygen atoms in total. The van der Waals surface area contributed by atoms with Gasteiger partial charge in [0.25, 0.3) is 5.91 Å². The molecule has 0 bridgehead atoms. The molecule has 0 radical (unpaired) electrons. The van der Waals surface area contributed by atoms with Gasteiger partial charge in [0.15, 0.2) is 16.6 Å². The van der Waals surface area contributed by atoms with E-state index in [2.05, 4.69) is 20.3 Å². The third-order valence-electron chi connectivity index (χ3n) is 2.44. The molecule has 3 rings (SSSR count). The molecule has 1 amide bonds. The monoisotopic (exact) mass is 303 g/mol. The summed E-state index contributed by atoms with van der Waals surface area (Å²) >= 11 is 2.95. The van der Waals surface area contributed by atoms with Crippen LogP contribution in [-0.2, 0) is 0 Å². The minimum Gasteiger partial charge on any atom is -0.382 e. The van der Waals surface area contributed by atoms with Crippen LogP contribution in [0.5, 0.6) is 0 Å². The first kappa shape index (κ1) is 12.7. The normalized spacial score (nSPS) is 10.4. The van der Waals surface area contributed by atoms with Crippen molar-refractivity contribution in [3.8, 4) is 10.6 Å². The Morgan fingerprint density at radius 3 is 2.85 bits per heavy atom. The zero-order valence-corrected chi connectivity index (χ0v) is 11.7. The lowest BCUT2D eigenvalue weighted by molar-refractivity contribution is 0.102. The molecule has 0 aliphatic carbocycles. The van der Waals surface area contributed by atoms with Crippen LogP contribution in [-0.4, -0.2) is 20.9 Å². The summed E-state index contributed by atoms with van der Waals surface area (Å²) in [7, 11) is 0. The highest BCUT2D eigenvalue weighted by atomic mass is 32.1. The number of hydrogen-bond donors (Lipinski definition) is 2. The summed E-state index contributed by atoms with van der Waals surface area (Å²) in [5.41, 5.74) is 6.55. The number of hydrogen-bond acceptors (Lipinski definition) is 7. The van der Waals surface area contributed by atoms with Crippen LogP contribution >= 0.6 is 22.7 Å². The van der Waals surface area contributed by atoms with Gasteiger partial charge in [0.05, 0.1) is 10.6 Å². The minimum atomic E-state index is -0.414. The zero-order chi connectivity index (χ0) is 13.9. The van der Waals surface area contributed by atoms with Crippen LogP contribution in [0.1, 0.15) is 10.5 Å². The molecule has 3 aromatic heterocycles. The van der Waals surface area contributed by atoms with Crippen LogP contribution < -0.4 is 11.1 Å². The Morgan fingerprint density at radius 1 is 1.25 bits per heavy atom. The maximum Gasteiger partial charge on any atom is 0.279 e. The number of nitrogens with two attached hydrogens (primary N) is 1. The molecule has 0 aliphatic heterocycles. The van der Waals surface area contributed by atoms with Crippen LogP contribution in [0.3, 0.4) is 0 Å².